The van der Waals surface area contributed by atoms with Gasteiger partial charge in [-0.05, 0) is 44.8 Å². The van der Waals surface area contributed by atoms with Crippen LogP contribution in [0.5, 0.6) is 0 Å². The zero-order valence-corrected chi connectivity index (χ0v) is 9.07. The lowest BCUT2D eigenvalue weighted by atomic mass is 9.97. The van der Waals surface area contributed by atoms with Crippen LogP contribution < -0.4 is 0 Å². The van der Waals surface area contributed by atoms with Gasteiger partial charge in [0, 0.05) is 0 Å². The molecule has 1 unspecified atom stereocenters. The molecule has 80 valence electrons. The molecule has 0 aromatic heterocycles. The first-order chi connectivity index (χ1) is 7.13. The lowest BCUT2D eigenvalue weighted by molar-refractivity contribution is 0.393. The van der Waals surface area contributed by atoms with Crippen LogP contribution in [0.15, 0.2) is 24.3 Å². The van der Waals surface area contributed by atoms with Gasteiger partial charge in [0.15, 0.2) is 0 Å². The molecule has 0 bridgehead atoms. The van der Waals surface area contributed by atoms with Crippen molar-refractivity contribution in [3.63, 3.8) is 0 Å². The van der Waals surface area contributed by atoms with Gasteiger partial charge in [-0.1, -0.05) is 12.1 Å². The molecule has 1 rings (SSSR count). The Morgan fingerprint density at radius 1 is 1.33 bits per heavy atom. The second kappa shape index (κ2) is 5.47. The van der Waals surface area contributed by atoms with Crippen LogP contribution in [0.4, 0.5) is 4.39 Å². The van der Waals surface area contributed by atoms with E-state index in [0.29, 0.717) is 0 Å². The summed E-state index contributed by atoms with van der Waals surface area (Å²) in [5.41, 5.74) is 0.890. The third-order valence-corrected chi connectivity index (χ3v) is 2.29. The van der Waals surface area contributed by atoms with Crippen molar-refractivity contribution in [3.8, 4) is 6.07 Å². The van der Waals surface area contributed by atoms with Crippen molar-refractivity contribution in [2.24, 2.45) is 0 Å². The van der Waals surface area contributed by atoms with Crippen LogP contribution in [0.1, 0.15) is 17.9 Å². The number of hydrogen-bond acceptors (Lipinski definition) is 2. The van der Waals surface area contributed by atoms with E-state index >= 15 is 0 Å². The number of halogens is 1. The molecule has 3 heteroatoms. The highest BCUT2D eigenvalue weighted by Gasteiger charge is 2.10. The Morgan fingerprint density at radius 3 is 2.40 bits per heavy atom. The molecule has 0 aliphatic heterocycles. The van der Waals surface area contributed by atoms with Gasteiger partial charge >= 0.3 is 0 Å². The molecular weight excluding hydrogens is 191 g/mol. The van der Waals surface area contributed by atoms with Crippen molar-refractivity contribution in [3.05, 3.63) is 35.6 Å². The minimum absolute atomic E-state index is 0.145. The van der Waals surface area contributed by atoms with E-state index in [4.69, 9.17) is 5.26 Å². The fourth-order valence-corrected chi connectivity index (χ4v) is 1.39. The first-order valence-electron chi connectivity index (χ1n) is 4.93. The quantitative estimate of drug-likeness (QED) is 0.756. The zero-order chi connectivity index (χ0) is 11.3. The van der Waals surface area contributed by atoms with Gasteiger partial charge in [0.05, 0.1) is 12.0 Å². The Kier molecular flexibility index (Phi) is 4.26. The van der Waals surface area contributed by atoms with E-state index in [1.54, 1.807) is 12.1 Å². The maximum atomic E-state index is 12.7. The van der Waals surface area contributed by atoms with E-state index in [1.165, 1.54) is 12.1 Å². The topological polar surface area (TPSA) is 27.0 Å². The van der Waals surface area contributed by atoms with Crippen LogP contribution in [-0.4, -0.2) is 25.5 Å². The molecule has 0 amide bonds. The fraction of sp³-hybridized carbons (Fsp3) is 0.417. The molecule has 0 N–H and O–H groups in total. The summed E-state index contributed by atoms with van der Waals surface area (Å²) in [6, 6.07) is 8.40. The number of rotatable bonds is 4. The molecule has 1 aromatic carbocycles. The van der Waals surface area contributed by atoms with Crippen molar-refractivity contribution in [1.82, 2.24) is 4.90 Å². The maximum absolute atomic E-state index is 12.7. The molecule has 0 heterocycles. The van der Waals surface area contributed by atoms with Gasteiger partial charge in [0.1, 0.15) is 5.82 Å². The highest BCUT2D eigenvalue weighted by molar-refractivity contribution is 5.25. The van der Waals surface area contributed by atoms with Crippen molar-refractivity contribution in [1.29, 1.82) is 5.26 Å². The van der Waals surface area contributed by atoms with Gasteiger partial charge in [-0.3, -0.25) is 0 Å². The van der Waals surface area contributed by atoms with Gasteiger partial charge in [-0.2, -0.15) is 5.26 Å². The van der Waals surface area contributed by atoms with E-state index in [-0.39, 0.29) is 11.7 Å². The number of benzene rings is 1. The molecule has 0 aliphatic carbocycles. The maximum Gasteiger partial charge on any atom is 0.123 e. The highest BCUT2D eigenvalue weighted by Crippen LogP contribution is 2.19. The van der Waals surface area contributed by atoms with Crippen molar-refractivity contribution in [2.45, 2.75) is 12.3 Å². The predicted octanol–water partition coefficient (Wildman–Crippen LogP) is 2.38. The minimum atomic E-state index is -0.261. The molecule has 15 heavy (non-hydrogen) atoms. The normalized spacial score (nSPS) is 12.5. The Morgan fingerprint density at radius 2 is 1.93 bits per heavy atom. The molecule has 0 aliphatic rings. The first kappa shape index (κ1) is 11.7. The first-order valence-corrected chi connectivity index (χ1v) is 4.93. The molecular formula is C12H15FN2. The van der Waals surface area contributed by atoms with E-state index in [1.807, 2.05) is 19.0 Å². The van der Waals surface area contributed by atoms with Crippen molar-refractivity contribution in [2.75, 3.05) is 20.6 Å². The van der Waals surface area contributed by atoms with Crippen LogP contribution in [0, 0.1) is 17.1 Å². The fourth-order valence-electron chi connectivity index (χ4n) is 1.39. The molecule has 0 saturated heterocycles. The third-order valence-electron chi connectivity index (χ3n) is 2.29. The summed E-state index contributed by atoms with van der Waals surface area (Å²) in [6.45, 7) is 0.857. The Hall–Kier alpha value is -1.40. The smallest absolute Gasteiger partial charge is 0.123 e. The summed E-state index contributed by atoms with van der Waals surface area (Å²) in [6.07, 6.45) is 0.773. The van der Waals surface area contributed by atoms with Crippen molar-refractivity contribution >= 4 is 0 Å². The molecule has 1 aromatic rings. The molecule has 0 saturated carbocycles. The summed E-state index contributed by atoms with van der Waals surface area (Å²) in [4.78, 5) is 2.04. The molecule has 1 atom stereocenters. The summed E-state index contributed by atoms with van der Waals surface area (Å²) in [5, 5.41) is 9.00. The second-order valence-electron chi connectivity index (χ2n) is 3.83. The van der Waals surface area contributed by atoms with Crippen LogP contribution in [0.2, 0.25) is 0 Å². The highest BCUT2D eigenvalue weighted by atomic mass is 19.1. The standard InChI is InChI=1S/C12H15FN2/c1-15(2)8-7-11(9-14)10-3-5-12(13)6-4-10/h3-6,11H,7-8H2,1-2H3. The largest absolute Gasteiger partial charge is 0.309 e. The summed E-state index contributed by atoms with van der Waals surface area (Å²) < 4.78 is 12.7. The molecule has 2 nitrogen and oxygen atoms in total. The minimum Gasteiger partial charge on any atom is -0.309 e. The lowest BCUT2D eigenvalue weighted by Crippen LogP contribution is -2.15. The van der Waals surface area contributed by atoms with Crippen LogP contribution in [-0.2, 0) is 0 Å². The van der Waals surface area contributed by atoms with E-state index in [9.17, 15) is 4.39 Å². The number of nitrogens with zero attached hydrogens (tertiary/aromatic N) is 2. The summed E-state index contributed by atoms with van der Waals surface area (Å²) in [7, 11) is 3.94. The van der Waals surface area contributed by atoms with Gasteiger partial charge in [0.25, 0.3) is 0 Å². The summed E-state index contributed by atoms with van der Waals surface area (Å²) in [5.74, 6) is -0.406. The van der Waals surface area contributed by atoms with Gasteiger partial charge in [0.2, 0.25) is 0 Å². The molecule has 0 radical (unpaired) electrons. The van der Waals surface area contributed by atoms with Crippen LogP contribution in [0.3, 0.4) is 0 Å². The van der Waals surface area contributed by atoms with E-state index < -0.39 is 0 Å². The summed E-state index contributed by atoms with van der Waals surface area (Å²) >= 11 is 0. The Balaban J connectivity index is 2.67. The monoisotopic (exact) mass is 206 g/mol. The van der Waals surface area contributed by atoms with Crippen molar-refractivity contribution < 1.29 is 4.39 Å². The van der Waals surface area contributed by atoms with Crippen LogP contribution in [0.25, 0.3) is 0 Å². The number of hydrogen-bond donors (Lipinski definition) is 0. The Bertz CT molecular complexity index is 338. The van der Waals surface area contributed by atoms with E-state index in [2.05, 4.69) is 6.07 Å². The zero-order valence-electron chi connectivity index (χ0n) is 9.07. The SMILES string of the molecule is CN(C)CCC(C#N)c1ccc(F)cc1. The third kappa shape index (κ3) is 3.69. The van der Waals surface area contributed by atoms with Gasteiger partial charge in [-0.15, -0.1) is 0 Å². The average molecular weight is 206 g/mol. The van der Waals surface area contributed by atoms with Gasteiger partial charge < -0.3 is 4.90 Å². The van der Waals surface area contributed by atoms with Crippen LogP contribution >= 0.6 is 0 Å². The lowest BCUT2D eigenvalue weighted by Gasteiger charge is -2.13. The number of nitriles is 1. The van der Waals surface area contributed by atoms with Gasteiger partial charge in [-0.25, -0.2) is 4.39 Å². The Labute approximate surface area is 89.9 Å². The second-order valence-corrected chi connectivity index (χ2v) is 3.83. The molecule has 0 fully saturated rings. The average Bonchev–Trinajstić information content (AvgIpc) is 2.21. The van der Waals surface area contributed by atoms with E-state index in [0.717, 1.165) is 18.5 Å². The molecule has 0 spiro atoms. The predicted molar refractivity (Wildman–Crippen MR) is 57.9 cm³/mol.